The number of hydrogen-bond acceptors (Lipinski definition) is 2. The molecular weight excluding hydrogens is 269 g/mol. The highest BCUT2D eigenvalue weighted by molar-refractivity contribution is 6.12. The predicted octanol–water partition coefficient (Wildman–Crippen LogP) is 3.27. The fourth-order valence-corrected chi connectivity index (χ4v) is 2.37. The van der Waals surface area contributed by atoms with Gasteiger partial charge < -0.3 is 5.32 Å². The molecule has 0 atom stereocenters. The van der Waals surface area contributed by atoms with Crippen LogP contribution in [0.5, 0.6) is 0 Å². The van der Waals surface area contributed by atoms with Gasteiger partial charge >= 0.3 is 0 Å². The molecule has 0 unspecified atom stereocenters. The number of amides is 1. The van der Waals surface area contributed by atoms with Crippen LogP contribution in [0.4, 0.5) is 10.2 Å². The molecule has 0 radical (unpaired) electrons. The molecule has 5 heteroatoms. The van der Waals surface area contributed by atoms with Gasteiger partial charge in [-0.15, -0.1) is 0 Å². The Labute approximate surface area is 121 Å². The van der Waals surface area contributed by atoms with E-state index in [4.69, 9.17) is 0 Å². The van der Waals surface area contributed by atoms with E-state index in [0.29, 0.717) is 22.2 Å². The molecule has 1 amide bonds. The lowest BCUT2D eigenvalue weighted by Gasteiger charge is -2.08. The molecule has 21 heavy (non-hydrogen) atoms. The van der Waals surface area contributed by atoms with Crippen LogP contribution in [-0.2, 0) is 7.05 Å². The summed E-state index contributed by atoms with van der Waals surface area (Å²) < 4.78 is 15.4. The second-order valence-electron chi connectivity index (χ2n) is 4.89. The van der Waals surface area contributed by atoms with Crippen molar-refractivity contribution in [1.29, 1.82) is 0 Å². The Balaban J connectivity index is 2.02. The fraction of sp³-hybridized carbons (Fsp3) is 0.125. The first kappa shape index (κ1) is 13.3. The van der Waals surface area contributed by atoms with Crippen molar-refractivity contribution >= 4 is 22.5 Å². The Hall–Kier alpha value is -2.69. The maximum Gasteiger partial charge on any atom is 0.257 e. The minimum Gasteiger partial charge on any atom is -0.307 e. The van der Waals surface area contributed by atoms with Crippen LogP contribution in [-0.4, -0.2) is 15.7 Å². The molecule has 3 aromatic rings. The highest BCUT2D eigenvalue weighted by Crippen LogP contribution is 2.22. The van der Waals surface area contributed by atoms with E-state index in [2.05, 4.69) is 10.4 Å². The number of fused-ring (bicyclic) bond motifs is 1. The van der Waals surface area contributed by atoms with Crippen LogP contribution >= 0.6 is 0 Å². The summed E-state index contributed by atoms with van der Waals surface area (Å²) in [6, 6.07) is 11.5. The van der Waals surface area contributed by atoms with Crippen molar-refractivity contribution in [2.75, 3.05) is 5.32 Å². The van der Waals surface area contributed by atoms with Gasteiger partial charge in [-0.1, -0.05) is 24.3 Å². The highest BCUT2D eigenvalue weighted by Gasteiger charge is 2.14. The quantitative estimate of drug-likeness (QED) is 0.784. The van der Waals surface area contributed by atoms with Crippen molar-refractivity contribution in [1.82, 2.24) is 9.78 Å². The normalized spacial score (nSPS) is 10.8. The first-order valence-corrected chi connectivity index (χ1v) is 6.55. The molecule has 0 fully saturated rings. The Morgan fingerprint density at radius 3 is 2.57 bits per heavy atom. The van der Waals surface area contributed by atoms with Gasteiger partial charge in [0, 0.05) is 24.1 Å². The number of halogens is 1. The third-order valence-corrected chi connectivity index (χ3v) is 3.36. The Kier molecular flexibility index (Phi) is 3.17. The van der Waals surface area contributed by atoms with E-state index in [1.807, 2.05) is 6.92 Å². The molecule has 0 spiro atoms. The number of aromatic nitrogens is 2. The van der Waals surface area contributed by atoms with Crippen molar-refractivity contribution in [3.63, 3.8) is 0 Å². The van der Waals surface area contributed by atoms with E-state index in [1.165, 1.54) is 12.1 Å². The average molecular weight is 283 g/mol. The molecule has 0 saturated heterocycles. The van der Waals surface area contributed by atoms with Gasteiger partial charge in [-0.05, 0) is 24.4 Å². The van der Waals surface area contributed by atoms with Crippen LogP contribution in [0.25, 0.3) is 10.8 Å². The number of benzene rings is 2. The number of aryl methyl sites for hydroxylation is 2. The van der Waals surface area contributed by atoms with Crippen molar-refractivity contribution < 1.29 is 9.18 Å². The summed E-state index contributed by atoms with van der Waals surface area (Å²) in [7, 11) is 1.76. The van der Waals surface area contributed by atoms with Crippen molar-refractivity contribution in [2.45, 2.75) is 6.92 Å². The Morgan fingerprint density at radius 2 is 1.90 bits per heavy atom. The Bertz CT molecular complexity index is 839. The molecule has 0 saturated carbocycles. The van der Waals surface area contributed by atoms with Crippen LogP contribution in [0.3, 0.4) is 0 Å². The smallest absolute Gasteiger partial charge is 0.257 e. The maximum atomic E-state index is 13.8. The van der Waals surface area contributed by atoms with Crippen LogP contribution in [0.15, 0.2) is 42.5 Å². The van der Waals surface area contributed by atoms with E-state index in [1.54, 1.807) is 42.1 Å². The van der Waals surface area contributed by atoms with Crippen LogP contribution in [0, 0.1) is 12.7 Å². The first-order chi connectivity index (χ1) is 10.1. The van der Waals surface area contributed by atoms with E-state index in [9.17, 15) is 9.18 Å². The second kappa shape index (κ2) is 5.01. The molecule has 2 aromatic carbocycles. The molecule has 4 nitrogen and oxygen atoms in total. The van der Waals surface area contributed by atoms with E-state index >= 15 is 0 Å². The lowest BCUT2D eigenvalue weighted by molar-refractivity contribution is 0.102. The molecule has 3 rings (SSSR count). The monoisotopic (exact) mass is 283 g/mol. The Morgan fingerprint density at radius 1 is 1.19 bits per heavy atom. The molecule has 1 heterocycles. The summed E-state index contributed by atoms with van der Waals surface area (Å²) in [5, 5.41) is 8.00. The van der Waals surface area contributed by atoms with Gasteiger partial charge in [0.2, 0.25) is 0 Å². The third kappa shape index (κ3) is 2.38. The molecule has 1 N–H and O–H groups in total. The minimum absolute atomic E-state index is 0.283. The number of carbonyl (C=O) groups is 1. The van der Waals surface area contributed by atoms with E-state index in [0.717, 1.165) is 5.69 Å². The van der Waals surface area contributed by atoms with Crippen molar-refractivity contribution in [3.05, 3.63) is 59.5 Å². The largest absolute Gasteiger partial charge is 0.307 e. The average Bonchev–Trinajstić information content (AvgIpc) is 2.77. The van der Waals surface area contributed by atoms with Gasteiger partial charge in [0.15, 0.2) is 0 Å². The molecule has 0 aliphatic rings. The second-order valence-corrected chi connectivity index (χ2v) is 4.89. The van der Waals surface area contributed by atoms with Crippen LogP contribution in [0.1, 0.15) is 16.1 Å². The number of carbonyl (C=O) groups excluding carboxylic acids is 1. The van der Waals surface area contributed by atoms with Gasteiger partial charge in [0.25, 0.3) is 5.91 Å². The molecule has 1 aromatic heterocycles. The molecular formula is C16H14FN3O. The van der Waals surface area contributed by atoms with Gasteiger partial charge in [-0.2, -0.15) is 5.10 Å². The molecule has 0 bridgehead atoms. The topological polar surface area (TPSA) is 46.9 Å². The number of nitrogens with zero attached hydrogens (tertiary/aromatic N) is 2. The van der Waals surface area contributed by atoms with Crippen molar-refractivity contribution in [3.8, 4) is 0 Å². The van der Waals surface area contributed by atoms with Gasteiger partial charge in [0.1, 0.15) is 11.6 Å². The molecule has 0 aliphatic heterocycles. The van der Waals surface area contributed by atoms with Gasteiger partial charge in [0.05, 0.1) is 5.69 Å². The molecule has 106 valence electrons. The lowest BCUT2D eigenvalue weighted by Crippen LogP contribution is -2.15. The zero-order valence-corrected chi connectivity index (χ0v) is 11.7. The number of nitrogens with one attached hydrogen (secondary N) is 1. The summed E-state index contributed by atoms with van der Waals surface area (Å²) in [6.07, 6.45) is 0. The third-order valence-electron chi connectivity index (χ3n) is 3.36. The lowest BCUT2D eigenvalue weighted by atomic mass is 10.0. The van der Waals surface area contributed by atoms with Crippen LogP contribution < -0.4 is 5.32 Å². The SMILES string of the molecule is Cc1cc(NC(=O)c2ccc(F)c3ccccc23)n(C)n1. The summed E-state index contributed by atoms with van der Waals surface area (Å²) in [6.45, 7) is 1.85. The van der Waals surface area contributed by atoms with Crippen LogP contribution in [0.2, 0.25) is 0 Å². The summed E-state index contributed by atoms with van der Waals surface area (Å²) in [4.78, 5) is 12.4. The molecule has 0 aliphatic carbocycles. The maximum absolute atomic E-state index is 13.8. The summed E-state index contributed by atoms with van der Waals surface area (Å²) in [5.41, 5.74) is 1.25. The van der Waals surface area contributed by atoms with Gasteiger partial charge in [-0.3, -0.25) is 9.48 Å². The summed E-state index contributed by atoms with van der Waals surface area (Å²) >= 11 is 0. The first-order valence-electron chi connectivity index (χ1n) is 6.55. The minimum atomic E-state index is -0.335. The van der Waals surface area contributed by atoms with E-state index < -0.39 is 0 Å². The zero-order chi connectivity index (χ0) is 15.0. The number of anilines is 1. The highest BCUT2D eigenvalue weighted by atomic mass is 19.1. The summed E-state index contributed by atoms with van der Waals surface area (Å²) in [5.74, 6) is -0.0152. The standard InChI is InChI=1S/C16H14FN3O/c1-10-9-15(20(2)19-10)18-16(21)13-7-8-14(17)12-6-4-3-5-11(12)13/h3-9H,1-2H3,(H,18,21). The predicted molar refractivity (Wildman–Crippen MR) is 79.8 cm³/mol. The van der Waals surface area contributed by atoms with Gasteiger partial charge in [-0.25, -0.2) is 4.39 Å². The number of rotatable bonds is 2. The number of hydrogen-bond donors (Lipinski definition) is 1. The van der Waals surface area contributed by atoms with E-state index in [-0.39, 0.29) is 11.7 Å². The zero-order valence-electron chi connectivity index (χ0n) is 11.7. The van der Waals surface area contributed by atoms with Crippen molar-refractivity contribution in [2.24, 2.45) is 7.05 Å². The fourth-order valence-electron chi connectivity index (χ4n) is 2.37.